The van der Waals surface area contributed by atoms with Crippen molar-refractivity contribution in [1.29, 1.82) is 0 Å². The van der Waals surface area contributed by atoms with Crippen LogP contribution in [0.1, 0.15) is 28.3 Å². The Morgan fingerprint density at radius 2 is 2.24 bits per heavy atom. The lowest BCUT2D eigenvalue weighted by Gasteiger charge is -2.17. The number of thiophene rings is 1. The van der Waals surface area contributed by atoms with Gasteiger partial charge in [-0.1, -0.05) is 0 Å². The molecule has 1 aromatic heterocycles. The van der Waals surface area contributed by atoms with E-state index in [1.54, 1.807) is 11.3 Å². The first-order valence-corrected chi connectivity index (χ1v) is 6.39. The molecule has 0 saturated carbocycles. The number of nitrogens with one attached hydrogen (secondary N) is 1. The minimum Gasteiger partial charge on any atom is -0.383 e. The summed E-state index contributed by atoms with van der Waals surface area (Å²) in [6.45, 7) is 6.32. The zero-order chi connectivity index (χ0) is 13.0. The van der Waals surface area contributed by atoms with Crippen LogP contribution in [-0.2, 0) is 9.53 Å². The number of methoxy groups -OCH3 is 1. The van der Waals surface area contributed by atoms with Crippen LogP contribution in [0.2, 0.25) is 0 Å². The van der Waals surface area contributed by atoms with E-state index in [-0.39, 0.29) is 18.6 Å². The smallest absolute Gasteiger partial charge is 0.239 e. The van der Waals surface area contributed by atoms with Crippen LogP contribution < -0.4 is 11.1 Å². The Morgan fingerprint density at radius 1 is 1.59 bits per heavy atom. The fraction of sp³-hybridized carbons (Fsp3) is 0.583. The normalized spacial score (nSPS) is 14.4. The van der Waals surface area contributed by atoms with Gasteiger partial charge in [-0.3, -0.25) is 4.79 Å². The fourth-order valence-corrected chi connectivity index (χ4v) is 2.76. The summed E-state index contributed by atoms with van der Waals surface area (Å²) in [5.74, 6) is -0.178. The topological polar surface area (TPSA) is 64.3 Å². The van der Waals surface area contributed by atoms with E-state index in [4.69, 9.17) is 10.5 Å². The fourth-order valence-electron chi connectivity index (χ4n) is 1.73. The molecule has 0 radical (unpaired) electrons. The number of rotatable bonds is 5. The van der Waals surface area contributed by atoms with Crippen molar-refractivity contribution in [3.05, 3.63) is 21.4 Å². The van der Waals surface area contributed by atoms with Crippen LogP contribution >= 0.6 is 11.3 Å². The Labute approximate surface area is 106 Å². The van der Waals surface area contributed by atoms with Gasteiger partial charge in [0.25, 0.3) is 0 Å². The molecule has 1 rings (SSSR count). The lowest BCUT2D eigenvalue weighted by molar-refractivity contribution is -0.124. The van der Waals surface area contributed by atoms with Crippen LogP contribution in [0, 0.1) is 13.8 Å². The molecule has 5 heteroatoms. The quantitative estimate of drug-likeness (QED) is 0.839. The van der Waals surface area contributed by atoms with E-state index in [0.29, 0.717) is 0 Å². The Hall–Kier alpha value is -0.910. The SMILES string of the molecule is COCC(N)C(=O)NC(C)c1cc(C)sc1C. The van der Waals surface area contributed by atoms with Crippen molar-refractivity contribution in [1.82, 2.24) is 5.32 Å². The predicted molar refractivity (Wildman–Crippen MR) is 70.2 cm³/mol. The highest BCUT2D eigenvalue weighted by Gasteiger charge is 2.18. The van der Waals surface area contributed by atoms with Crippen LogP contribution in [0.15, 0.2) is 6.07 Å². The first-order chi connectivity index (χ1) is 7.95. The summed E-state index contributed by atoms with van der Waals surface area (Å²) in [6, 6.07) is 1.48. The Kier molecular flexibility index (Phi) is 5.11. The van der Waals surface area contributed by atoms with Gasteiger partial charge >= 0.3 is 0 Å². The van der Waals surface area contributed by atoms with E-state index < -0.39 is 6.04 Å². The van der Waals surface area contributed by atoms with E-state index in [1.807, 2.05) is 6.92 Å². The monoisotopic (exact) mass is 256 g/mol. The van der Waals surface area contributed by atoms with E-state index in [1.165, 1.54) is 16.9 Å². The number of carbonyl (C=O) groups excluding carboxylic acids is 1. The van der Waals surface area contributed by atoms with Crippen molar-refractivity contribution in [3.8, 4) is 0 Å². The summed E-state index contributed by atoms with van der Waals surface area (Å²) in [4.78, 5) is 14.2. The van der Waals surface area contributed by atoms with Gasteiger partial charge in [0.2, 0.25) is 5.91 Å². The molecule has 0 spiro atoms. The Balaban J connectivity index is 2.63. The van der Waals surface area contributed by atoms with Crippen molar-refractivity contribution < 1.29 is 9.53 Å². The molecule has 96 valence electrons. The summed E-state index contributed by atoms with van der Waals surface area (Å²) in [7, 11) is 1.53. The number of aryl methyl sites for hydroxylation is 2. The molecule has 1 aromatic rings. The molecule has 1 heterocycles. The number of hydrogen-bond acceptors (Lipinski definition) is 4. The maximum absolute atomic E-state index is 11.7. The average Bonchev–Trinajstić information content (AvgIpc) is 2.58. The third-order valence-corrected chi connectivity index (χ3v) is 3.57. The molecule has 0 saturated heterocycles. The lowest BCUT2D eigenvalue weighted by atomic mass is 10.1. The third-order valence-electron chi connectivity index (χ3n) is 2.59. The summed E-state index contributed by atoms with van der Waals surface area (Å²) in [6.07, 6.45) is 0. The summed E-state index contributed by atoms with van der Waals surface area (Å²) in [5, 5.41) is 2.90. The first-order valence-electron chi connectivity index (χ1n) is 5.57. The van der Waals surface area contributed by atoms with Crippen LogP contribution in [0.25, 0.3) is 0 Å². The highest BCUT2D eigenvalue weighted by Crippen LogP contribution is 2.25. The van der Waals surface area contributed by atoms with Gasteiger partial charge in [-0.15, -0.1) is 11.3 Å². The van der Waals surface area contributed by atoms with Crippen LogP contribution in [0.3, 0.4) is 0 Å². The van der Waals surface area contributed by atoms with Gasteiger partial charge in [0, 0.05) is 16.9 Å². The molecular weight excluding hydrogens is 236 g/mol. The maximum Gasteiger partial charge on any atom is 0.239 e. The number of nitrogens with two attached hydrogens (primary N) is 1. The molecule has 3 N–H and O–H groups in total. The molecule has 2 unspecified atom stereocenters. The summed E-state index contributed by atoms with van der Waals surface area (Å²) >= 11 is 1.74. The average molecular weight is 256 g/mol. The van der Waals surface area contributed by atoms with E-state index in [9.17, 15) is 4.79 Å². The number of ether oxygens (including phenoxy) is 1. The predicted octanol–water partition coefficient (Wildman–Crippen LogP) is 1.52. The largest absolute Gasteiger partial charge is 0.383 e. The lowest BCUT2D eigenvalue weighted by Crippen LogP contribution is -2.44. The zero-order valence-electron chi connectivity index (χ0n) is 10.7. The van der Waals surface area contributed by atoms with Gasteiger partial charge in [0.15, 0.2) is 0 Å². The molecule has 2 atom stereocenters. The van der Waals surface area contributed by atoms with Crippen molar-refractivity contribution in [2.24, 2.45) is 5.73 Å². The molecule has 1 amide bonds. The molecular formula is C12H20N2O2S. The van der Waals surface area contributed by atoms with Gasteiger partial charge in [-0.25, -0.2) is 0 Å². The minimum absolute atomic E-state index is 0.0182. The zero-order valence-corrected chi connectivity index (χ0v) is 11.6. The van der Waals surface area contributed by atoms with Crippen molar-refractivity contribution in [3.63, 3.8) is 0 Å². The first kappa shape index (κ1) is 14.2. The molecule has 0 bridgehead atoms. The number of hydrogen-bond donors (Lipinski definition) is 2. The van der Waals surface area contributed by atoms with Crippen LogP contribution in [0.4, 0.5) is 0 Å². The van der Waals surface area contributed by atoms with E-state index in [0.717, 1.165) is 5.56 Å². The van der Waals surface area contributed by atoms with Crippen molar-refractivity contribution in [2.45, 2.75) is 32.9 Å². The third kappa shape index (κ3) is 3.80. The molecule has 4 nitrogen and oxygen atoms in total. The van der Waals surface area contributed by atoms with E-state index >= 15 is 0 Å². The standard InChI is InChI=1S/C12H20N2O2S/c1-7-5-10(9(3)17-7)8(2)14-12(15)11(13)6-16-4/h5,8,11H,6,13H2,1-4H3,(H,14,15). The highest BCUT2D eigenvalue weighted by atomic mass is 32.1. The second kappa shape index (κ2) is 6.14. The molecule has 0 aliphatic heterocycles. The van der Waals surface area contributed by atoms with Gasteiger partial charge in [-0.2, -0.15) is 0 Å². The molecule has 0 aliphatic carbocycles. The second-order valence-corrected chi connectivity index (χ2v) is 5.62. The van der Waals surface area contributed by atoms with Crippen molar-refractivity contribution >= 4 is 17.2 Å². The van der Waals surface area contributed by atoms with Gasteiger partial charge in [0.05, 0.1) is 12.6 Å². The van der Waals surface area contributed by atoms with E-state index in [2.05, 4.69) is 25.2 Å². The molecule has 0 fully saturated rings. The van der Waals surface area contributed by atoms with Gasteiger partial charge < -0.3 is 15.8 Å². The molecule has 17 heavy (non-hydrogen) atoms. The van der Waals surface area contributed by atoms with Crippen LogP contribution in [0.5, 0.6) is 0 Å². The van der Waals surface area contributed by atoms with Crippen molar-refractivity contribution in [2.75, 3.05) is 13.7 Å². The van der Waals surface area contributed by atoms with Gasteiger partial charge in [0.1, 0.15) is 6.04 Å². The summed E-state index contributed by atoms with van der Waals surface area (Å²) in [5.41, 5.74) is 6.82. The second-order valence-electron chi connectivity index (χ2n) is 4.16. The number of carbonyl (C=O) groups is 1. The van der Waals surface area contributed by atoms with Crippen LogP contribution in [-0.4, -0.2) is 25.7 Å². The number of amides is 1. The summed E-state index contributed by atoms with van der Waals surface area (Å²) < 4.78 is 4.86. The van der Waals surface area contributed by atoms with Gasteiger partial charge in [-0.05, 0) is 32.4 Å². The Morgan fingerprint density at radius 3 is 2.71 bits per heavy atom. The molecule has 0 aliphatic rings. The maximum atomic E-state index is 11.7. The molecule has 0 aromatic carbocycles. The minimum atomic E-state index is -0.609. The highest BCUT2D eigenvalue weighted by molar-refractivity contribution is 7.12. The Bertz CT molecular complexity index is 390.